The Bertz CT molecular complexity index is 293. The Morgan fingerprint density at radius 1 is 1.46 bits per heavy atom. The summed E-state index contributed by atoms with van der Waals surface area (Å²) < 4.78 is 24.4. The molecule has 2 nitrogen and oxygen atoms in total. The number of aliphatic hydroxyl groups excluding tert-OH is 1. The minimum absolute atomic E-state index is 0.183. The third-order valence-electron chi connectivity index (χ3n) is 1.64. The van der Waals surface area contributed by atoms with Crippen molar-refractivity contribution in [1.82, 2.24) is 4.98 Å². The largest absolute Gasteiger partial charge is 0.392 e. The second-order valence-corrected chi connectivity index (χ2v) is 3.03. The molecule has 0 aromatic carbocycles. The number of nitrogens with zero attached hydrogens (tertiary/aromatic N) is 1. The number of alkyl halides is 3. The topological polar surface area (TPSA) is 33.1 Å². The van der Waals surface area contributed by atoms with Gasteiger partial charge in [-0.3, -0.25) is 4.98 Å². The second kappa shape index (κ2) is 4.62. The molecular weight excluding hydrogens is 244 g/mol. The monoisotopic (exact) mass is 251 g/mol. The number of halogens is 3. The summed E-state index contributed by atoms with van der Waals surface area (Å²) in [7, 11) is 0. The van der Waals surface area contributed by atoms with Gasteiger partial charge in [0, 0.05) is 11.5 Å². The van der Waals surface area contributed by atoms with E-state index in [2.05, 4.69) is 20.9 Å². The molecule has 0 radical (unpaired) electrons. The highest BCUT2D eigenvalue weighted by Gasteiger charge is 2.11. The van der Waals surface area contributed by atoms with Crippen LogP contribution in [0.3, 0.4) is 0 Å². The molecule has 0 atom stereocenters. The molecule has 1 rings (SSSR count). The van der Waals surface area contributed by atoms with E-state index in [1.165, 1.54) is 12.3 Å². The Kier molecular flexibility index (Phi) is 3.74. The normalized spacial score (nSPS) is 10.8. The van der Waals surface area contributed by atoms with E-state index in [4.69, 9.17) is 5.11 Å². The van der Waals surface area contributed by atoms with Gasteiger partial charge >= 0.3 is 0 Å². The summed E-state index contributed by atoms with van der Waals surface area (Å²) in [4.78, 5) is 3.53. The van der Waals surface area contributed by atoms with Crippen LogP contribution in [-0.4, -0.2) is 10.1 Å². The van der Waals surface area contributed by atoms with Crippen molar-refractivity contribution in [3.63, 3.8) is 0 Å². The van der Waals surface area contributed by atoms with Gasteiger partial charge in [-0.25, -0.2) is 8.78 Å². The molecule has 0 spiro atoms. The molecule has 1 heterocycles. The van der Waals surface area contributed by atoms with Crippen LogP contribution >= 0.6 is 15.9 Å². The van der Waals surface area contributed by atoms with E-state index in [1.807, 2.05) is 0 Å². The van der Waals surface area contributed by atoms with Crippen LogP contribution in [0.2, 0.25) is 0 Å². The molecule has 0 aliphatic heterocycles. The van der Waals surface area contributed by atoms with Crippen LogP contribution in [0.4, 0.5) is 8.78 Å². The molecule has 0 fully saturated rings. The van der Waals surface area contributed by atoms with Crippen molar-refractivity contribution < 1.29 is 13.9 Å². The first-order chi connectivity index (χ1) is 6.19. The van der Waals surface area contributed by atoms with E-state index in [1.54, 1.807) is 0 Å². The minimum atomic E-state index is -2.56. The lowest BCUT2D eigenvalue weighted by atomic mass is 10.1. The first-order valence-electron chi connectivity index (χ1n) is 3.61. The highest BCUT2D eigenvalue weighted by atomic mass is 79.9. The zero-order valence-electron chi connectivity index (χ0n) is 6.67. The fourth-order valence-electron chi connectivity index (χ4n) is 0.930. The predicted octanol–water partition coefficient (Wildman–Crippen LogP) is 2.41. The zero-order chi connectivity index (χ0) is 9.84. The van der Waals surface area contributed by atoms with Crippen LogP contribution in [0.1, 0.15) is 23.2 Å². The summed E-state index contributed by atoms with van der Waals surface area (Å²) in [6.07, 6.45) is -1.29. The molecule has 72 valence electrons. The van der Waals surface area contributed by atoms with Gasteiger partial charge in [0.25, 0.3) is 6.43 Å². The summed E-state index contributed by atoms with van der Waals surface area (Å²) in [6, 6.07) is 1.30. The molecule has 0 saturated carbocycles. The Morgan fingerprint density at radius 2 is 2.15 bits per heavy atom. The van der Waals surface area contributed by atoms with Crippen molar-refractivity contribution in [2.75, 3.05) is 0 Å². The lowest BCUT2D eigenvalue weighted by molar-refractivity contribution is 0.146. The summed E-state index contributed by atoms with van der Waals surface area (Å²) in [6.45, 7) is -0.183. The first kappa shape index (κ1) is 10.5. The molecule has 5 heteroatoms. The Hall–Kier alpha value is -0.550. The average molecular weight is 252 g/mol. The van der Waals surface area contributed by atoms with Gasteiger partial charge in [-0.1, -0.05) is 15.9 Å². The molecule has 0 unspecified atom stereocenters. The maximum absolute atomic E-state index is 12.2. The third kappa shape index (κ3) is 2.45. The number of hydrogen-bond donors (Lipinski definition) is 1. The van der Waals surface area contributed by atoms with Crippen LogP contribution in [0, 0.1) is 0 Å². The van der Waals surface area contributed by atoms with E-state index in [0.717, 1.165) is 0 Å². The first-order valence-corrected chi connectivity index (χ1v) is 4.74. The highest BCUT2D eigenvalue weighted by molar-refractivity contribution is 9.08. The quantitative estimate of drug-likeness (QED) is 0.838. The third-order valence-corrected chi connectivity index (χ3v) is 2.25. The molecule has 1 aromatic rings. The van der Waals surface area contributed by atoms with Crippen LogP contribution in [-0.2, 0) is 11.9 Å². The summed E-state index contributed by atoms with van der Waals surface area (Å²) in [5.41, 5.74) is 0.959. The number of pyridine rings is 1. The Morgan fingerprint density at radius 3 is 2.62 bits per heavy atom. The van der Waals surface area contributed by atoms with Crippen LogP contribution in [0.5, 0.6) is 0 Å². The van der Waals surface area contributed by atoms with Crippen molar-refractivity contribution in [3.8, 4) is 0 Å². The van der Waals surface area contributed by atoms with E-state index < -0.39 is 6.43 Å². The maximum atomic E-state index is 12.2. The number of rotatable bonds is 3. The van der Waals surface area contributed by atoms with Crippen molar-refractivity contribution in [1.29, 1.82) is 0 Å². The highest BCUT2D eigenvalue weighted by Crippen LogP contribution is 2.20. The van der Waals surface area contributed by atoms with E-state index in [-0.39, 0.29) is 12.3 Å². The fourth-order valence-corrected chi connectivity index (χ4v) is 1.45. The number of hydrogen-bond acceptors (Lipinski definition) is 2. The van der Waals surface area contributed by atoms with Crippen LogP contribution in [0.15, 0.2) is 12.3 Å². The standard InChI is InChI=1S/C8H8BrF2NO/c9-2-5-1-7(8(10)11)12-3-6(5)4-13/h1,3,8,13H,2,4H2. The Balaban J connectivity index is 3.05. The fraction of sp³-hybridized carbons (Fsp3) is 0.375. The molecule has 1 N–H and O–H groups in total. The molecule has 0 saturated heterocycles. The SMILES string of the molecule is OCc1cnc(C(F)F)cc1CBr. The van der Waals surface area contributed by atoms with Gasteiger partial charge < -0.3 is 5.11 Å². The van der Waals surface area contributed by atoms with Crippen molar-refractivity contribution in [3.05, 3.63) is 29.1 Å². The number of aromatic nitrogens is 1. The van der Waals surface area contributed by atoms with Crippen molar-refractivity contribution in [2.24, 2.45) is 0 Å². The smallest absolute Gasteiger partial charge is 0.280 e. The molecule has 0 amide bonds. The lowest BCUT2D eigenvalue weighted by Crippen LogP contribution is -1.97. The Labute approximate surface area is 82.7 Å². The molecule has 13 heavy (non-hydrogen) atoms. The van der Waals surface area contributed by atoms with Gasteiger partial charge in [0.05, 0.1) is 6.61 Å². The van der Waals surface area contributed by atoms with E-state index in [9.17, 15) is 8.78 Å². The van der Waals surface area contributed by atoms with E-state index in [0.29, 0.717) is 16.5 Å². The van der Waals surface area contributed by atoms with Gasteiger partial charge in [-0.05, 0) is 17.2 Å². The lowest BCUT2D eigenvalue weighted by Gasteiger charge is -2.05. The molecule has 0 aliphatic rings. The molecule has 0 bridgehead atoms. The number of aliphatic hydroxyl groups is 1. The van der Waals surface area contributed by atoms with Gasteiger partial charge in [0.2, 0.25) is 0 Å². The van der Waals surface area contributed by atoms with Gasteiger partial charge in [0.1, 0.15) is 5.69 Å². The molecule has 1 aromatic heterocycles. The van der Waals surface area contributed by atoms with Gasteiger partial charge in [-0.15, -0.1) is 0 Å². The zero-order valence-corrected chi connectivity index (χ0v) is 8.26. The van der Waals surface area contributed by atoms with Gasteiger partial charge in [-0.2, -0.15) is 0 Å². The summed E-state index contributed by atoms with van der Waals surface area (Å²) in [5.74, 6) is 0. The van der Waals surface area contributed by atoms with Crippen LogP contribution < -0.4 is 0 Å². The summed E-state index contributed by atoms with van der Waals surface area (Å²) in [5, 5.41) is 9.27. The maximum Gasteiger partial charge on any atom is 0.280 e. The van der Waals surface area contributed by atoms with Crippen molar-refractivity contribution >= 4 is 15.9 Å². The van der Waals surface area contributed by atoms with Crippen LogP contribution in [0.25, 0.3) is 0 Å². The minimum Gasteiger partial charge on any atom is -0.392 e. The average Bonchev–Trinajstić information content (AvgIpc) is 2.16. The second-order valence-electron chi connectivity index (χ2n) is 2.47. The molecular formula is C8H8BrF2NO. The van der Waals surface area contributed by atoms with Gasteiger partial charge in [0.15, 0.2) is 0 Å². The predicted molar refractivity (Wildman–Crippen MR) is 47.7 cm³/mol. The summed E-state index contributed by atoms with van der Waals surface area (Å²) >= 11 is 3.15. The van der Waals surface area contributed by atoms with E-state index >= 15 is 0 Å². The molecule has 0 aliphatic carbocycles. The van der Waals surface area contributed by atoms with Crippen molar-refractivity contribution in [2.45, 2.75) is 18.4 Å².